The minimum absolute atomic E-state index is 0.349. The van der Waals surface area contributed by atoms with E-state index in [9.17, 15) is 4.79 Å². The van der Waals surface area contributed by atoms with E-state index >= 15 is 0 Å². The maximum absolute atomic E-state index is 11.6. The third-order valence-corrected chi connectivity index (χ3v) is 6.30. The van der Waals surface area contributed by atoms with Gasteiger partial charge in [-0.15, -0.1) is 0 Å². The summed E-state index contributed by atoms with van der Waals surface area (Å²) in [5, 5.41) is 8.28. The van der Waals surface area contributed by atoms with Crippen LogP contribution >= 0.6 is 11.6 Å². The highest BCUT2D eigenvalue weighted by Crippen LogP contribution is 2.28. The maximum Gasteiger partial charge on any atom is 0.414 e. The topological polar surface area (TPSA) is 105 Å². The van der Waals surface area contributed by atoms with Crippen LogP contribution in [0.5, 0.6) is 0 Å². The SMILES string of the molecule is O=C1OCCN1c1cnc(NCC2CCC(Nc3ccc4ccnc(Cl)c4n3)CC2)nc1. The van der Waals surface area contributed by atoms with Crippen LogP contribution in [0.25, 0.3) is 10.9 Å². The van der Waals surface area contributed by atoms with Gasteiger partial charge in [-0.05, 0) is 49.8 Å². The third kappa shape index (κ3) is 4.52. The van der Waals surface area contributed by atoms with Gasteiger partial charge in [-0.2, -0.15) is 0 Å². The first-order valence-corrected chi connectivity index (χ1v) is 11.2. The first-order valence-electron chi connectivity index (χ1n) is 10.8. The lowest BCUT2D eigenvalue weighted by Gasteiger charge is -2.29. The number of nitrogens with one attached hydrogen (secondary N) is 2. The Morgan fingerprint density at radius 1 is 1.09 bits per heavy atom. The molecule has 166 valence electrons. The molecule has 9 nitrogen and oxygen atoms in total. The molecule has 1 saturated carbocycles. The minimum atomic E-state index is -0.349. The molecule has 0 unspecified atom stereocenters. The molecular weight excluding hydrogens is 430 g/mol. The zero-order valence-corrected chi connectivity index (χ0v) is 18.3. The van der Waals surface area contributed by atoms with E-state index in [2.05, 4.69) is 30.6 Å². The van der Waals surface area contributed by atoms with Crippen molar-refractivity contribution < 1.29 is 9.53 Å². The van der Waals surface area contributed by atoms with Gasteiger partial charge < -0.3 is 15.4 Å². The summed E-state index contributed by atoms with van der Waals surface area (Å²) in [4.78, 5) is 30.6. The fraction of sp³-hybridized carbons (Fsp3) is 0.409. The number of carbonyl (C=O) groups is 1. The third-order valence-electron chi connectivity index (χ3n) is 6.02. The lowest BCUT2D eigenvalue weighted by atomic mass is 9.86. The van der Waals surface area contributed by atoms with E-state index in [-0.39, 0.29) is 6.09 Å². The molecule has 10 heteroatoms. The van der Waals surface area contributed by atoms with Crippen molar-refractivity contribution in [2.75, 3.05) is 35.2 Å². The van der Waals surface area contributed by atoms with Crippen LogP contribution in [0.1, 0.15) is 25.7 Å². The predicted molar refractivity (Wildman–Crippen MR) is 123 cm³/mol. The fourth-order valence-corrected chi connectivity index (χ4v) is 4.44. The molecule has 0 aromatic carbocycles. The summed E-state index contributed by atoms with van der Waals surface area (Å²) in [6.45, 7) is 1.76. The molecule has 0 bridgehead atoms. The molecule has 2 aliphatic rings. The van der Waals surface area contributed by atoms with Crippen molar-refractivity contribution in [3.63, 3.8) is 0 Å². The van der Waals surface area contributed by atoms with Crippen LogP contribution in [-0.4, -0.2) is 51.8 Å². The molecule has 4 heterocycles. The molecule has 3 aromatic rings. The van der Waals surface area contributed by atoms with Crippen molar-refractivity contribution in [3.05, 3.63) is 41.9 Å². The van der Waals surface area contributed by atoms with Crippen molar-refractivity contribution in [3.8, 4) is 0 Å². The van der Waals surface area contributed by atoms with Gasteiger partial charge in [0.05, 0.1) is 24.6 Å². The second-order valence-electron chi connectivity index (χ2n) is 8.14. The van der Waals surface area contributed by atoms with Crippen molar-refractivity contribution >= 4 is 46.1 Å². The summed E-state index contributed by atoms with van der Waals surface area (Å²) in [6, 6.07) is 6.32. The molecule has 2 N–H and O–H groups in total. The number of amides is 1. The van der Waals surface area contributed by atoms with Crippen LogP contribution in [0, 0.1) is 5.92 Å². The summed E-state index contributed by atoms with van der Waals surface area (Å²) in [5.41, 5.74) is 1.38. The molecule has 1 amide bonds. The summed E-state index contributed by atoms with van der Waals surface area (Å²) in [5.74, 6) is 1.98. The Morgan fingerprint density at radius 3 is 2.66 bits per heavy atom. The Balaban J connectivity index is 1.10. The zero-order valence-electron chi connectivity index (χ0n) is 17.5. The number of anilines is 3. The van der Waals surface area contributed by atoms with Crippen LogP contribution in [0.2, 0.25) is 5.15 Å². The molecule has 32 heavy (non-hydrogen) atoms. The smallest absolute Gasteiger partial charge is 0.414 e. The number of hydrogen-bond donors (Lipinski definition) is 2. The number of fused-ring (bicyclic) bond motifs is 1. The Labute approximate surface area is 190 Å². The summed E-state index contributed by atoms with van der Waals surface area (Å²) in [6.07, 6.45) is 9.02. The average Bonchev–Trinajstić information content (AvgIpc) is 3.25. The van der Waals surface area contributed by atoms with Crippen molar-refractivity contribution in [1.82, 2.24) is 19.9 Å². The monoisotopic (exact) mass is 453 g/mol. The molecule has 1 aliphatic heterocycles. The van der Waals surface area contributed by atoms with Crippen LogP contribution in [0.3, 0.4) is 0 Å². The Hall–Kier alpha value is -3.20. The van der Waals surface area contributed by atoms with Crippen molar-refractivity contribution in [1.29, 1.82) is 0 Å². The maximum atomic E-state index is 11.6. The molecule has 3 aromatic heterocycles. The lowest BCUT2D eigenvalue weighted by molar-refractivity contribution is 0.181. The van der Waals surface area contributed by atoms with E-state index in [1.807, 2.05) is 18.2 Å². The van der Waals surface area contributed by atoms with Gasteiger partial charge in [0.15, 0.2) is 5.15 Å². The Kier molecular flexibility index (Phi) is 5.89. The van der Waals surface area contributed by atoms with Gasteiger partial charge in [-0.1, -0.05) is 11.6 Å². The quantitative estimate of drug-likeness (QED) is 0.537. The zero-order chi connectivity index (χ0) is 21.9. The van der Waals surface area contributed by atoms with Gasteiger partial charge in [-0.3, -0.25) is 4.90 Å². The van der Waals surface area contributed by atoms with Crippen molar-refractivity contribution in [2.45, 2.75) is 31.7 Å². The predicted octanol–water partition coefficient (Wildman–Crippen LogP) is 4.11. The van der Waals surface area contributed by atoms with Crippen LogP contribution in [0.4, 0.5) is 22.2 Å². The number of rotatable bonds is 6. The highest BCUT2D eigenvalue weighted by molar-refractivity contribution is 6.33. The Morgan fingerprint density at radius 2 is 1.91 bits per heavy atom. The standard InChI is InChI=1S/C22H24ClN7O2/c23-20-19-15(7-8-24-20)3-6-18(29-19)28-16-4-1-14(2-5-16)11-25-21-26-12-17(13-27-21)30-9-10-32-22(30)31/h3,6-8,12-14,16H,1-2,4-5,9-11H2,(H,28,29)(H,25,26,27). The van der Waals surface area contributed by atoms with Crippen LogP contribution < -0.4 is 15.5 Å². The molecule has 5 rings (SSSR count). The normalized spacial score (nSPS) is 20.9. The van der Waals surface area contributed by atoms with Crippen LogP contribution in [0.15, 0.2) is 36.8 Å². The number of halogens is 1. The van der Waals surface area contributed by atoms with Gasteiger partial charge >= 0.3 is 6.09 Å². The van der Waals surface area contributed by atoms with E-state index in [0.717, 1.165) is 48.9 Å². The number of nitrogens with zero attached hydrogens (tertiary/aromatic N) is 5. The molecule has 0 atom stereocenters. The van der Waals surface area contributed by atoms with E-state index in [1.54, 1.807) is 18.6 Å². The van der Waals surface area contributed by atoms with Gasteiger partial charge in [0, 0.05) is 24.2 Å². The summed E-state index contributed by atoms with van der Waals surface area (Å²) in [7, 11) is 0. The first kappa shape index (κ1) is 20.7. The molecular formula is C22H24ClN7O2. The largest absolute Gasteiger partial charge is 0.447 e. The summed E-state index contributed by atoms with van der Waals surface area (Å²) < 4.78 is 4.95. The van der Waals surface area contributed by atoms with Gasteiger partial charge in [0.25, 0.3) is 0 Å². The second-order valence-corrected chi connectivity index (χ2v) is 8.50. The second kappa shape index (κ2) is 9.12. The molecule has 2 fully saturated rings. The minimum Gasteiger partial charge on any atom is -0.447 e. The highest BCUT2D eigenvalue weighted by Gasteiger charge is 2.24. The fourth-order valence-electron chi connectivity index (χ4n) is 4.23. The molecule has 1 aliphatic carbocycles. The Bertz CT molecular complexity index is 1100. The number of hydrogen-bond acceptors (Lipinski definition) is 8. The van der Waals surface area contributed by atoms with Gasteiger partial charge in [-0.25, -0.2) is 24.7 Å². The van der Waals surface area contributed by atoms with Crippen molar-refractivity contribution in [2.24, 2.45) is 5.92 Å². The molecule has 0 radical (unpaired) electrons. The molecule has 1 saturated heterocycles. The van der Waals surface area contributed by atoms with Gasteiger partial charge in [0.1, 0.15) is 17.9 Å². The van der Waals surface area contributed by atoms with E-state index in [0.29, 0.717) is 41.9 Å². The highest BCUT2D eigenvalue weighted by atomic mass is 35.5. The average molecular weight is 454 g/mol. The van der Waals surface area contributed by atoms with Gasteiger partial charge in [0.2, 0.25) is 5.95 Å². The van der Waals surface area contributed by atoms with E-state index in [4.69, 9.17) is 16.3 Å². The summed E-state index contributed by atoms with van der Waals surface area (Å²) >= 11 is 6.18. The number of pyridine rings is 2. The molecule has 0 spiro atoms. The number of ether oxygens (including phenoxy) is 1. The number of carbonyl (C=O) groups excluding carboxylic acids is 1. The lowest BCUT2D eigenvalue weighted by Crippen LogP contribution is -2.29. The number of cyclic esters (lactones) is 1. The first-order chi connectivity index (χ1) is 15.7. The number of aromatic nitrogens is 4. The van der Waals surface area contributed by atoms with E-state index < -0.39 is 0 Å². The van der Waals surface area contributed by atoms with Crippen LogP contribution in [-0.2, 0) is 4.74 Å². The van der Waals surface area contributed by atoms with E-state index in [1.165, 1.54) is 4.90 Å².